The molecule has 148 valence electrons. The zero-order valence-electron chi connectivity index (χ0n) is 15.4. The summed E-state index contributed by atoms with van der Waals surface area (Å²) in [7, 11) is 1.53. The second-order valence-electron chi connectivity index (χ2n) is 5.66. The lowest BCUT2D eigenvalue weighted by molar-refractivity contribution is -0.123. The number of pyridine rings is 1. The summed E-state index contributed by atoms with van der Waals surface area (Å²) in [5, 5.41) is 6.91. The van der Waals surface area contributed by atoms with E-state index in [-0.39, 0.29) is 11.4 Å². The van der Waals surface area contributed by atoms with E-state index in [2.05, 4.69) is 15.6 Å². The van der Waals surface area contributed by atoms with Crippen LogP contribution in [0.3, 0.4) is 0 Å². The minimum Gasteiger partial charge on any atom is -0.495 e. The molecule has 3 rings (SSSR count). The molecule has 2 heterocycles. The summed E-state index contributed by atoms with van der Waals surface area (Å²) in [6.07, 6.45) is 1.51. The highest BCUT2D eigenvalue weighted by Gasteiger charge is 2.18. The van der Waals surface area contributed by atoms with Crippen LogP contribution >= 0.6 is 11.3 Å². The van der Waals surface area contributed by atoms with Gasteiger partial charge in [-0.25, -0.2) is 9.78 Å². The standard InChI is InChI=1S/C20H17N3O5S/c1-27-15-8-3-2-7-14(15)22-18-13(6-4-10-21-18)20(26)28-12-17(24)23-19(25)16-9-5-11-29-16/h2-11H,12H2,1H3,(H,21,22)(H,23,24,25). The molecule has 0 bridgehead atoms. The number of hydrogen-bond acceptors (Lipinski definition) is 8. The van der Waals surface area contributed by atoms with E-state index < -0.39 is 24.4 Å². The molecule has 1 aromatic carbocycles. The minimum absolute atomic E-state index is 0.135. The molecule has 0 fully saturated rings. The maximum Gasteiger partial charge on any atom is 0.342 e. The summed E-state index contributed by atoms with van der Waals surface area (Å²) in [6, 6.07) is 13.5. The molecule has 0 saturated heterocycles. The normalized spacial score (nSPS) is 10.1. The highest BCUT2D eigenvalue weighted by atomic mass is 32.1. The Kier molecular flexibility index (Phi) is 6.54. The third-order valence-corrected chi connectivity index (χ3v) is 4.59. The number of para-hydroxylation sites is 2. The van der Waals surface area contributed by atoms with Gasteiger partial charge in [-0.15, -0.1) is 11.3 Å². The van der Waals surface area contributed by atoms with Gasteiger partial charge in [0.25, 0.3) is 11.8 Å². The van der Waals surface area contributed by atoms with E-state index in [0.717, 1.165) is 0 Å². The molecule has 3 aromatic rings. The first-order chi connectivity index (χ1) is 14.1. The maximum absolute atomic E-state index is 12.4. The van der Waals surface area contributed by atoms with Crippen LogP contribution in [-0.2, 0) is 9.53 Å². The maximum atomic E-state index is 12.4. The van der Waals surface area contributed by atoms with Crippen LogP contribution in [0.15, 0.2) is 60.1 Å². The number of hydrogen-bond donors (Lipinski definition) is 2. The second-order valence-corrected chi connectivity index (χ2v) is 6.60. The minimum atomic E-state index is -0.755. The molecule has 2 aromatic heterocycles. The van der Waals surface area contributed by atoms with Crippen LogP contribution in [0.1, 0.15) is 20.0 Å². The molecule has 29 heavy (non-hydrogen) atoms. The molecular weight excluding hydrogens is 394 g/mol. The fraction of sp³-hybridized carbons (Fsp3) is 0.100. The van der Waals surface area contributed by atoms with Gasteiger partial charge in [0.05, 0.1) is 17.7 Å². The number of carbonyl (C=O) groups is 3. The summed E-state index contributed by atoms with van der Waals surface area (Å²) < 4.78 is 10.3. The van der Waals surface area contributed by atoms with Gasteiger partial charge in [0.2, 0.25) is 0 Å². The Morgan fingerprint density at radius 1 is 1.07 bits per heavy atom. The van der Waals surface area contributed by atoms with Crippen molar-refractivity contribution < 1.29 is 23.9 Å². The number of rotatable bonds is 7. The Balaban J connectivity index is 1.64. The molecule has 0 aliphatic carbocycles. The van der Waals surface area contributed by atoms with Crippen molar-refractivity contribution >= 4 is 40.6 Å². The topological polar surface area (TPSA) is 107 Å². The van der Waals surface area contributed by atoms with Crippen molar-refractivity contribution in [3.63, 3.8) is 0 Å². The first kappa shape index (κ1) is 20.0. The number of benzene rings is 1. The van der Waals surface area contributed by atoms with E-state index in [1.807, 2.05) is 6.07 Å². The van der Waals surface area contributed by atoms with Crippen LogP contribution < -0.4 is 15.4 Å². The smallest absolute Gasteiger partial charge is 0.342 e. The number of nitrogens with zero attached hydrogens (tertiary/aromatic N) is 1. The van der Waals surface area contributed by atoms with Gasteiger partial charge < -0.3 is 14.8 Å². The summed E-state index contributed by atoms with van der Waals surface area (Å²) >= 11 is 1.20. The number of thiophene rings is 1. The zero-order chi connectivity index (χ0) is 20.6. The molecule has 0 spiro atoms. The number of methoxy groups -OCH3 is 1. The van der Waals surface area contributed by atoms with Gasteiger partial charge in [-0.3, -0.25) is 14.9 Å². The predicted molar refractivity (Wildman–Crippen MR) is 108 cm³/mol. The zero-order valence-corrected chi connectivity index (χ0v) is 16.2. The summed E-state index contributed by atoms with van der Waals surface area (Å²) in [5.41, 5.74) is 0.748. The van der Waals surface area contributed by atoms with Gasteiger partial charge in [-0.2, -0.15) is 0 Å². The Morgan fingerprint density at radius 3 is 2.66 bits per heavy atom. The summed E-state index contributed by atoms with van der Waals surface area (Å²) in [4.78, 5) is 40.7. The van der Waals surface area contributed by atoms with E-state index >= 15 is 0 Å². The highest BCUT2D eigenvalue weighted by molar-refractivity contribution is 7.12. The van der Waals surface area contributed by atoms with E-state index in [9.17, 15) is 14.4 Å². The average Bonchev–Trinajstić information content (AvgIpc) is 3.28. The van der Waals surface area contributed by atoms with Gasteiger partial charge in [0, 0.05) is 6.20 Å². The lowest BCUT2D eigenvalue weighted by Gasteiger charge is -2.13. The lowest BCUT2D eigenvalue weighted by Crippen LogP contribution is -2.33. The number of amides is 2. The van der Waals surface area contributed by atoms with E-state index in [4.69, 9.17) is 9.47 Å². The van der Waals surface area contributed by atoms with Gasteiger partial charge >= 0.3 is 5.97 Å². The molecule has 0 aliphatic heterocycles. The number of imide groups is 1. The van der Waals surface area contributed by atoms with Crippen LogP contribution in [-0.4, -0.2) is 36.5 Å². The first-order valence-corrected chi connectivity index (χ1v) is 9.36. The first-order valence-electron chi connectivity index (χ1n) is 8.48. The molecule has 0 radical (unpaired) electrons. The van der Waals surface area contributed by atoms with Crippen molar-refractivity contribution in [2.24, 2.45) is 0 Å². The van der Waals surface area contributed by atoms with Gasteiger partial charge in [-0.1, -0.05) is 18.2 Å². The molecule has 0 aliphatic rings. The van der Waals surface area contributed by atoms with E-state index in [0.29, 0.717) is 16.3 Å². The van der Waals surface area contributed by atoms with Crippen LogP contribution in [0, 0.1) is 0 Å². The van der Waals surface area contributed by atoms with Gasteiger partial charge in [-0.05, 0) is 35.7 Å². The van der Waals surface area contributed by atoms with Crippen molar-refractivity contribution in [3.8, 4) is 5.75 Å². The molecule has 8 nitrogen and oxygen atoms in total. The molecule has 9 heteroatoms. The van der Waals surface area contributed by atoms with E-state index in [1.165, 1.54) is 30.7 Å². The number of esters is 1. The van der Waals surface area contributed by atoms with Crippen molar-refractivity contribution in [3.05, 3.63) is 70.5 Å². The Bertz CT molecular complexity index is 1020. The molecule has 0 atom stereocenters. The monoisotopic (exact) mass is 411 g/mol. The quantitative estimate of drug-likeness (QED) is 0.576. The van der Waals surface area contributed by atoms with Crippen LogP contribution in [0.5, 0.6) is 5.75 Å². The van der Waals surface area contributed by atoms with Crippen LogP contribution in [0.4, 0.5) is 11.5 Å². The summed E-state index contributed by atoms with van der Waals surface area (Å²) in [6.45, 7) is -0.598. The Labute approximate surface area is 170 Å². The fourth-order valence-electron chi connectivity index (χ4n) is 2.39. The molecular formula is C20H17N3O5S. The van der Waals surface area contributed by atoms with Crippen LogP contribution in [0.25, 0.3) is 0 Å². The predicted octanol–water partition coefficient (Wildman–Crippen LogP) is 3.01. The Hall–Kier alpha value is -3.72. The van der Waals surface area contributed by atoms with Crippen LogP contribution in [0.2, 0.25) is 0 Å². The number of aromatic nitrogens is 1. The SMILES string of the molecule is COc1ccccc1Nc1ncccc1C(=O)OCC(=O)NC(=O)c1cccs1. The van der Waals surface area contributed by atoms with Gasteiger partial charge in [0.15, 0.2) is 6.61 Å². The third-order valence-electron chi connectivity index (χ3n) is 3.72. The van der Waals surface area contributed by atoms with Gasteiger partial charge in [0.1, 0.15) is 17.1 Å². The molecule has 0 unspecified atom stereocenters. The molecule has 0 saturated carbocycles. The summed E-state index contributed by atoms with van der Waals surface area (Å²) in [5.74, 6) is -1.20. The average molecular weight is 411 g/mol. The lowest BCUT2D eigenvalue weighted by atomic mass is 10.2. The fourth-order valence-corrected chi connectivity index (χ4v) is 3.00. The highest BCUT2D eigenvalue weighted by Crippen LogP contribution is 2.27. The molecule has 2 N–H and O–H groups in total. The van der Waals surface area contributed by atoms with E-state index in [1.54, 1.807) is 41.8 Å². The van der Waals surface area contributed by atoms with Crippen molar-refractivity contribution in [2.45, 2.75) is 0 Å². The number of nitrogens with one attached hydrogen (secondary N) is 2. The molecule has 2 amide bonds. The van der Waals surface area contributed by atoms with Crippen molar-refractivity contribution in [2.75, 3.05) is 19.0 Å². The van der Waals surface area contributed by atoms with Crippen molar-refractivity contribution in [1.82, 2.24) is 10.3 Å². The number of carbonyl (C=O) groups excluding carboxylic acids is 3. The number of anilines is 2. The third kappa shape index (κ3) is 5.17. The largest absolute Gasteiger partial charge is 0.495 e. The van der Waals surface area contributed by atoms with Crippen molar-refractivity contribution in [1.29, 1.82) is 0 Å². The number of ether oxygens (including phenoxy) is 2. The Morgan fingerprint density at radius 2 is 1.90 bits per heavy atom. The second kappa shape index (κ2) is 9.47.